The molecular weight excluding hydrogens is 494 g/mol. The van der Waals surface area contributed by atoms with E-state index in [0.29, 0.717) is 30.3 Å². The standard InChI is InChI=1S/C27H37N3O6S/c1-19(2)16-28-27(32)21(4)29(17-22-10-7-6-9-20(22)3)26(31)11-8-14-30(37(5,33)34)23-12-13-24-25(15-23)36-18-35-24/h6-7,9-10,12-13,15,19,21H,8,11,14,16-18H2,1-5H3,(H,28,32). The van der Waals surface area contributed by atoms with Crippen LogP contribution in [-0.4, -0.2) is 57.3 Å². The molecule has 0 bridgehead atoms. The van der Waals surface area contributed by atoms with Gasteiger partial charge in [-0.05, 0) is 49.4 Å². The molecule has 9 nitrogen and oxygen atoms in total. The maximum Gasteiger partial charge on any atom is 0.242 e. The Morgan fingerprint density at radius 1 is 1.05 bits per heavy atom. The molecule has 1 N–H and O–H groups in total. The monoisotopic (exact) mass is 531 g/mol. The van der Waals surface area contributed by atoms with Gasteiger partial charge < -0.3 is 19.7 Å². The molecule has 1 atom stereocenters. The van der Waals surface area contributed by atoms with Crippen molar-refractivity contribution in [2.45, 2.75) is 53.1 Å². The molecule has 2 amide bonds. The number of hydrogen-bond acceptors (Lipinski definition) is 6. The number of fused-ring (bicyclic) bond motifs is 1. The zero-order chi connectivity index (χ0) is 27.2. The summed E-state index contributed by atoms with van der Waals surface area (Å²) in [4.78, 5) is 27.8. The SMILES string of the molecule is Cc1ccccc1CN(C(=O)CCCN(c1ccc2c(c1)OCO2)S(C)(=O)=O)C(C)C(=O)NCC(C)C. The molecule has 0 saturated heterocycles. The van der Waals surface area contributed by atoms with Gasteiger partial charge in [-0.15, -0.1) is 0 Å². The fraction of sp³-hybridized carbons (Fsp3) is 0.481. The van der Waals surface area contributed by atoms with Gasteiger partial charge in [0.15, 0.2) is 11.5 Å². The fourth-order valence-corrected chi connectivity index (χ4v) is 5.01. The third-order valence-electron chi connectivity index (χ3n) is 6.25. The number of hydrogen-bond donors (Lipinski definition) is 1. The maximum absolute atomic E-state index is 13.4. The molecule has 0 saturated carbocycles. The Kier molecular flexibility index (Phi) is 9.42. The Balaban J connectivity index is 1.73. The Labute approximate surface area is 219 Å². The zero-order valence-electron chi connectivity index (χ0n) is 22.2. The van der Waals surface area contributed by atoms with Crippen LogP contribution in [-0.2, 0) is 26.2 Å². The Bertz CT molecular complexity index is 1210. The van der Waals surface area contributed by atoms with Gasteiger partial charge in [0, 0.05) is 32.1 Å². The van der Waals surface area contributed by atoms with Gasteiger partial charge in [-0.1, -0.05) is 38.1 Å². The number of nitrogens with one attached hydrogen (secondary N) is 1. The fourth-order valence-electron chi connectivity index (χ4n) is 4.05. The van der Waals surface area contributed by atoms with E-state index in [4.69, 9.17) is 9.47 Å². The minimum absolute atomic E-state index is 0.0876. The van der Waals surface area contributed by atoms with Crippen molar-refractivity contribution in [3.05, 3.63) is 53.6 Å². The number of anilines is 1. The van der Waals surface area contributed by atoms with Crippen LogP contribution in [0, 0.1) is 12.8 Å². The van der Waals surface area contributed by atoms with Crippen LogP contribution in [0.25, 0.3) is 0 Å². The van der Waals surface area contributed by atoms with Gasteiger partial charge in [0.2, 0.25) is 28.6 Å². The molecular formula is C27H37N3O6S. The molecule has 0 radical (unpaired) electrons. The molecule has 202 valence electrons. The quantitative estimate of drug-likeness (QED) is 0.450. The predicted molar refractivity (Wildman–Crippen MR) is 143 cm³/mol. The summed E-state index contributed by atoms with van der Waals surface area (Å²) in [6, 6.07) is 12.0. The zero-order valence-corrected chi connectivity index (χ0v) is 23.0. The number of carbonyl (C=O) groups excluding carboxylic acids is 2. The summed E-state index contributed by atoms with van der Waals surface area (Å²) in [5.74, 6) is 0.898. The van der Waals surface area contributed by atoms with Gasteiger partial charge in [-0.2, -0.15) is 0 Å². The molecule has 10 heteroatoms. The molecule has 2 aromatic carbocycles. The molecule has 1 aliphatic heterocycles. The van der Waals surface area contributed by atoms with Crippen molar-refractivity contribution in [1.29, 1.82) is 0 Å². The van der Waals surface area contributed by atoms with E-state index >= 15 is 0 Å². The van der Waals surface area contributed by atoms with Gasteiger partial charge in [-0.3, -0.25) is 13.9 Å². The highest BCUT2D eigenvalue weighted by Crippen LogP contribution is 2.36. The van der Waals surface area contributed by atoms with Crippen LogP contribution in [0.15, 0.2) is 42.5 Å². The van der Waals surface area contributed by atoms with Gasteiger partial charge in [0.25, 0.3) is 0 Å². The molecule has 2 aromatic rings. The van der Waals surface area contributed by atoms with Crippen LogP contribution in [0.4, 0.5) is 5.69 Å². The van der Waals surface area contributed by atoms with Gasteiger partial charge >= 0.3 is 0 Å². The molecule has 0 aromatic heterocycles. The number of ether oxygens (including phenoxy) is 2. The molecule has 3 rings (SSSR count). The minimum Gasteiger partial charge on any atom is -0.454 e. The summed E-state index contributed by atoms with van der Waals surface area (Å²) >= 11 is 0. The smallest absolute Gasteiger partial charge is 0.242 e. The summed E-state index contributed by atoms with van der Waals surface area (Å²) in [6.07, 6.45) is 1.50. The first-order valence-corrected chi connectivity index (χ1v) is 14.3. The second kappa shape index (κ2) is 12.3. The third-order valence-corrected chi connectivity index (χ3v) is 7.44. The summed E-state index contributed by atoms with van der Waals surface area (Å²) < 4.78 is 37.1. The molecule has 0 aliphatic carbocycles. The number of rotatable bonds is 12. The summed E-state index contributed by atoms with van der Waals surface area (Å²) in [5.41, 5.74) is 2.43. The molecule has 0 spiro atoms. The first-order chi connectivity index (χ1) is 17.5. The number of aryl methyl sites for hydroxylation is 1. The number of nitrogens with zero attached hydrogens (tertiary/aromatic N) is 2. The lowest BCUT2D eigenvalue weighted by Gasteiger charge is -2.30. The summed E-state index contributed by atoms with van der Waals surface area (Å²) in [6.45, 7) is 8.72. The second-order valence-electron chi connectivity index (χ2n) is 9.74. The lowest BCUT2D eigenvalue weighted by atomic mass is 10.1. The normalized spacial score (nSPS) is 13.4. The van der Waals surface area contributed by atoms with E-state index in [9.17, 15) is 18.0 Å². The van der Waals surface area contributed by atoms with Crippen molar-refractivity contribution in [2.24, 2.45) is 5.92 Å². The predicted octanol–water partition coefficient (Wildman–Crippen LogP) is 3.46. The summed E-state index contributed by atoms with van der Waals surface area (Å²) in [7, 11) is -3.61. The van der Waals surface area contributed by atoms with E-state index < -0.39 is 16.1 Å². The first kappa shape index (κ1) is 28.3. The first-order valence-electron chi connectivity index (χ1n) is 12.5. The van der Waals surface area contributed by atoms with E-state index in [2.05, 4.69) is 5.32 Å². The summed E-state index contributed by atoms with van der Waals surface area (Å²) in [5, 5.41) is 2.91. The van der Waals surface area contributed by atoms with E-state index in [1.165, 1.54) is 4.31 Å². The maximum atomic E-state index is 13.4. The van der Waals surface area contributed by atoms with Crippen LogP contribution >= 0.6 is 0 Å². The van der Waals surface area contributed by atoms with Gasteiger partial charge in [0.05, 0.1) is 11.9 Å². The van der Waals surface area contributed by atoms with Crippen molar-refractivity contribution in [3.63, 3.8) is 0 Å². The van der Waals surface area contributed by atoms with Crippen molar-refractivity contribution >= 4 is 27.5 Å². The van der Waals surface area contributed by atoms with Gasteiger partial charge in [0.1, 0.15) is 6.04 Å². The van der Waals surface area contributed by atoms with Crippen molar-refractivity contribution in [2.75, 3.05) is 30.4 Å². The van der Waals surface area contributed by atoms with E-state index in [-0.39, 0.29) is 43.9 Å². The van der Waals surface area contributed by atoms with Crippen LogP contribution in [0.1, 0.15) is 44.7 Å². The topological polar surface area (TPSA) is 105 Å². The average molecular weight is 532 g/mol. The van der Waals surface area contributed by atoms with Crippen LogP contribution < -0.4 is 19.1 Å². The lowest BCUT2D eigenvalue weighted by Crippen LogP contribution is -2.48. The van der Waals surface area contributed by atoms with Crippen molar-refractivity contribution in [3.8, 4) is 11.5 Å². The molecule has 1 unspecified atom stereocenters. The van der Waals surface area contributed by atoms with E-state index in [0.717, 1.165) is 17.4 Å². The molecule has 1 aliphatic rings. The highest BCUT2D eigenvalue weighted by molar-refractivity contribution is 7.92. The largest absolute Gasteiger partial charge is 0.454 e. The Hall–Kier alpha value is -3.27. The third kappa shape index (κ3) is 7.61. The number of sulfonamides is 1. The second-order valence-corrected chi connectivity index (χ2v) is 11.6. The Morgan fingerprint density at radius 3 is 2.43 bits per heavy atom. The van der Waals surface area contributed by atoms with Gasteiger partial charge in [-0.25, -0.2) is 8.42 Å². The number of benzene rings is 2. The average Bonchev–Trinajstić information content (AvgIpc) is 3.31. The highest BCUT2D eigenvalue weighted by atomic mass is 32.2. The number of carbonyl (C=O) groups is 2. The Morgan fingerprint density at radius 2 is 1.76 bits per heavy atom. The van der Waals surface area contributed by atoms with Crippen LogP contribution in [0.2, 0.25) is 0 Å². The molecule has 1 heterocycles. The lowest BCUT2D eigenvalue weighted by molar-refractivity contribution is -0.140. The van der Waals surface area contributed by atoms with Crippen molar-refractivity contribution < 1.29 is 27.5 Å². The minimum atomic E-state index is -3.61. The highest BCUT2D eigenvalue weighted by Gasteiger charge is 2.27. The van der Waals surface area contributed by atoms with Crippen LogP contribution in [0.3, 0.4) is 0 Å². The van der Waals surface area contributed by atoms with E-state index in [1.807, 2.05) is 45.0 Å². The van der Waals surface area contributed by atoms with Crippen molar-refractivity contribution in [1.82, 2.24) is 10.2 Å². The molecule has 0 fully saturated rings. The van der Waals surface area contributed by atoms with Crippen LogP contribution in [0.5, 0.6) is 11.5 Å². The molecule has 37 heavy (non-hydrogen) atoms. The van der Waals surface area contributed by atoms with E-state index in [1.54, 1.807) is 30.0 Å². The number of amides is 2.